The Morgan fingerprint density at radius 1 is 1.17 bits per heavy atom. The first kappa shape index (κ1) is 15.4. The average Bonchev–Trinajstić information content (AvgIpc) is 3.27. The minimum atomic E-state index is 0.0905. The third-order valence-electron chi connectivity index (χ3n) is 5.40. The van der Waals surface area contributed by atoms with E-state index in [1.54, 1.807) is 10.8 Å². The van der Waals surface area contributed by atoms with Crippen LogP contribution in [0.3, 0.4) is 0 Å². The molecule has 2 aromatic heterocycles. The lowest BCUT2D eigenvalue weighted by atomic mass is 9.95. The first-order valence-electron chi connectivity index (χ1n) is 8.86. The van der Waals surface area contributed by atoms with Gasteiger partial charge in [0.1, 0.15) is 6.33 Å². The summed E-state index contributed by atoms with van der Waals surface area (Å²) in [5.41, 5.74) is 3.97. The molecule has 4 heterocycles. The largest absolute Gasteiger partial charge is 0.367 e. The fraction of sp³-hybridized carbons (Fsp3) is 0.647. The van der Waals surface area contributed by atoms with Crippen LogP contribution in [0.2, 0.25) is 0 Å². The van der Waals surface area contributed by atoms with Crippen LogP contribution in [0.1, 0.15) is 36.9 Å². The second kappa shape index (κ2) is 6.03. The number of anilines is 1. The third-order valence-corrected chi connectivity index (χ3v) is 5.40. The molecule has 7 nitrogen and oxygen atoms in total. The molecular formula is C17H24N6O. The number of fused-ring (bicyclic) bond motifs is 1. The molecule has 0 spiro atoms. The number of rotatable bonds is 2. The number of carbonyl (C=O) groups is 1. The van der Waals surface area contributed by atoms with Gasteiger partial charge in [0.2, 0.25) is 11.6 Å². The number of amides is 1. The molecule has 24 heavy (non-hydrogen) atoms. The summed E-state index contributed by atoms with van der Waals surface area (Å²) in [6.45, 7) is 7.67. The maximum atomic E-state index is 12.8. The smallest absolute Gasteiger partial charge is 0.227 e. The molecule has 0 aliphatic carbocycles. The summed E-state index contributed by atoms with van der Waals surface area (Å²) in [4.78, 5) is 17.2. The SMILES string of the molecule is Cc1nn2cnnc2c(N2CCCC(C(=O)N3CCCC3)C2)c1C. The van der Waals surface area contributed by atoms with Gasteiger partial charge in [-0.2, -0.15) is 9.61 Å². The molecule has 0 radical (unpaired) electrons. The van der Waals surface area contributed by atoms with Gasteiger partial charge in [-0.25, -0.2) is 0 Å². The lowest BCUT2D eigenvalue weighted by Crippen LogP contribution is -2.44. The van der Waals surface area contributed by atoms with E-state index < -0.39 is 0 Å². The van der Waals surface area contributed by atoms with Crippen LogP contribution in [0.25, 0.3) is 5.65 Å². The molecule has 2 saturated heterocycles. The molecule has 2 aromatic rings. The standard InChI is InChI=1S/C17H24N6O/c1-12-13(2)20-23-11-18-19-16(23)15(12)22-9-5-6-14(10-22)17(24)21-7-3-4-8-21/h11,14H,3-10H2,1-2H3. The van der Waals surface area contributed by atoms with Gasteiger partial charge in [-0.05, 0) is 45.1 Å². The molecule has 0 bridgehead atoms. The van der Waals surface area contributed by atoms with Gasteiger partial charge in [-0.15, -0.1) is 10.2 Å². The van der Waals surface area contributed by atoms with Crippen molar-refractivity contribution in [1.82, 2.24) is 24.7 Å². The maximum Gasteiger partial charge on any atom is 0.227 e. The fourth-order valence-electron chi connectivity index (χ4n) is 3.99. The van der Waals surface area contributed by atoms with Gasteiger partial charge in [0.25, 0.3) is 0 Å². The average molecular weight is 328 g/mol. The van der Waals surface area contributed by atoms with Gasteiger partial charge >= 0.3 is 0 Å². The van der Waals surface area contributed by atoms with Gasteiger partial charge in [0, 0.05) is 26.2 Å². The van der Waals surface area contributed by atoms with Crippen molar-refractivity contribution in [2.45, 2.75) is 39.5 Å². The third kappa shape index (κ3) is 2.52. The highest BCUT2D eigenvalue weighted by atomic mass is 16.2. The Morgan fingerprint density at radius 2 is 1.96 bits per heavy atom. The summed E-state index contributed by atoms with van der Waals surface area (Å²) in [5, 5.41) is 12.8. The Kier molecular flexibility index (Phi) is 3.86. The Bertz CT molecular complexity index is 764. The van der Waals surface area contributed by atoms with E-state index in [-0.39, 0.29) is 5.92 Å². The quantitative estimate of drug-likeness (QED) is 0.837. The van der Waals surface area contributed by atoms with Crippen molar-refractivity contribution in [3.63, 3.8) is 0 Å². The van der Waals surface area contributed by atoms with E-state index in [0.717, 1.165) is 74.5 Å². The molecule has 0 saturated carbocycles. The highest BCUT2D eigenvalue weighted by Crippen LogP contribution is 2.31. The zero-order valence-electron chi connectivity index (χ0n) is 14.4. The van der Waals surface area contributed by atoms with Crippen LogP contribution in [0.15, 0.2) is 6.33 Å². The monoisotopic (exact) mass is 328 g/mol. The minimum absolute atomic E-state index is 0.0905. The van der Waals surface area contributed by atoms with E-state index in [2.05, 4.69) is 27.1 Å². The predicted molar refractivity (Wildman–Crippen MR) is 91.0 cm³/mol. The Labute approximate surface area is 141 Å². The van der Waals surface area contributed by atoms with Crippen molar-refractivity contribution in [3.05, 3.63) is 17.6 Å². The second-order valence-corrected chi connectivity index (χ2v) is 6.98. The van der Waals surface area contributed by atoms with Crippen LogP contribution < -0.4 is 4.90 Å². The van der Waals surface area contributed by atoms with Gasteiger partial charge in [0.05, 0.1) is 17.3 Å². The van der Waals surface area contributed by atoms with Crippen molar-refractivity contribution in [2.24, 2.45) is 5.92 Å². The molecule has 2 aliphatic rings. The van der Waals surface area contributed by atoms with E-state index in [4.69, 9.17) is 0 Å². The maximum absolute atomic E-state index is 12.8. The lowest BCUT2D eigenvalue weighted by Gasteiger charge is -2.36. The predicted octanol–water partition coefficient (Wildman–Crippen LogP) is 1.58. The molecule has 1 amide bonds. The Hall–Kier alpha value is -2.18. The van der Waals surface area contributed by atoms with E-state index >= 15 is 0 Å². The molecular weight excluding hydrogens is 304 g/mol. The highest BCUT2D eigenvalue weighted by Gasteiger charge is 2.32. The van der Waals surface area contributed by atoms with E-state index in [9.17, 15) is 4.79 Å². The number of nitrogens with zero attached hydrogens (tertiary/aromatic N) is 6. The fourth-order valence-corrected chi connectivity index (χ4v) is 3.99. The number of likely N-dealkylation sites (tertiary alicyclic amines) is 1. The Morgan fingerprint density at radius 3 is 2.75 bits per heavy atom. The molecule has 128 valence electrons. The number of carbonyl (C=O) groups excluding carboxylic acids is 1. The van der Waals surface area contributed by atoms with Crippen molar-refractivity contribution in [3.8, 4) is 0 Å². The zero-order valence-corrected chi connectivity index (χ0v) is 14.4. The lowest BCUT2D eigenvalue weighted by molar-refractivity contribution is -0.134. The van der Waals surface area contributed by atoms with Gasteiger partial charge in [0.15, 0.2) is 0 Å². The van der Waals surface area contributed by atoms with Gasteiger partial charge < -0.3 is 9.80 Å². The van der Waals surface area contributed by atoms with Gasteiger partial charge in [-0.3, -0.25) is 4.79 Å². The Balaban J connectivity index is 1.63. The number of hydrogen-bond donors (Lipinski definition) is 0. The van der Waals surface area contributed by atoms with E-state index in [1.165, 1.54) is 0 Å². The highest BCUT2D eigenvalue weighted by molar-refractivity contribution is 5.81. The zero-order chi connectivity index (χ0) is 16.7. The summed E-state index contributed by atoms with van der Waals surface area (Å²) in [6, 6.07) is 0. The van der Waals surface area contributed by atoms with E-state index in [1.807, 2.05) is 11.8 Å². The van der Waals surface area contributed by atoms with Crippen LogP contribution in [0.5, 0.6) is 0 Å². The number of piperidine rings is 1. The molecule has 7 heteroatoms. The van der Waals surface area contributed by atoms with Crippen LogP contribution >= 0.6 is 0 Å². The van der Waals surface area contributed by atoms with Crippen LogP contribution in [-0.2, 0) is 4.79 Å². The first-order valence-corrected chi connectivity index (χ1v) is 8.86. The second-order valence-electron chi connectivity index (χ2n) is 6.98. The van der Waals surface area contributed by atoms with Crippen molar-refractivity contribution in [2.75, 3.05) is 31.1 Å². The molecule has 2 aliphatic heterocycles. The normalized spacial score (nSPS) is 21.7. The minimum Gasteiger partial charge on any atom is -0.367 e. The van der Waals surface area contributed by atoms with Crippen LogP contribution in [0, 0.1) is 19.8 Å². The summed E-state index contributed by atoms with van der Waals surface area (Å²) in [6.07, 6.45) is 5.95. The summed E-state index contributed by atoms with van der Waals surface area (Å²) in [7, 11) is 0. The molecule has 0 aromatic carbocycles. The topological polar surface area (TPSA) is 66.6 Å². The molecule has 1 atom stereocenters. The number of aromatic nitrogens is 4. The van der Waals surface area contributed by atoms with Crippen LogP contribution in [0.4, 0.5) is 5.69 Å². The summed E-state index contributed by atoms with van der Waals surface area (Å²) in [5.74, 6) is 0.422. The van der Waals surface area contributed by atoms with Gasteiger partial charge in [-0.1, -0.05) is 0 Å². The number of aryl methyl sites for hydroxylation is 1. The summed E-state index contributed by atoms with van der Waals surface area (Å²) < 4.78 is 1.74. The van der Waals surface area contributed by atoms with Crippen molar-refractivity contribution in [1.29, 1.82) is 0 Å². The summed E-state index contributed by atoms with van der Waals surface area (Å²) >= 11 is 0. The van der Waals surface area contributed by atoms with Crippen LogP contribution in [-0.4, -0.2) is 56.8 Å². The first-order chi connectivity index (χ1) is 11.6. The van der Waals surface area contributed by atoms with Crippen molar-refractivity contribution < 1.29 is 4.79 Å². The molecule has 0 N–H and O–H groups in total. The molecule has 4 rings (SSSR count). The molecule has 2 fully saturated rings. The van der Waals surface area contributed by atoms with E-state index in [0.29, 0.717) is 5.91 Å². The molecule has 1 unspecified atom stereocenters. The van der Waals surface area contributed by atoms with Crippen molar-refractivity contribution >= 4 is 17.2 Å². The number of hydrogen-bond acceptors (Lipinski definition) is 5.